The Balaban J connectivity index is 3.27. The van der Waals surface area contributed by atoms with E-state index in [1.807, 2.05) is 25.1 Å². The first-order chi connectivity index (χ1) is 5.79. The van der Waals surface area contributed by atoms with E-state index in [-0.39, 0.29) is 0 Å². The standard InChI is InChI=1S/C11H13N/c1-4-10-9(3)7-6-8-11(10)12-5-2/h4-8H,1H2,2-3H3. The third kappa shape index (κ3) is 1.62. The molecule has 0 atom stereocenters. The summed E-state index contributed by atoms with van der Waals surface area (Å²) in [4.78, 5) is 4.24. The van der Waals surface area contributed by atoms with Crippen molar-refractivity contribution in [2.75, 3.05) is 0 Å². The van der Waals surface area contributed by atoms with Crippen molar-refractivity contribution in [3.8, 4) is 0 Å². The highest BCUT2D eigenvalue weighted by molar-refractivity contribution is 5.70. The van der Waals surface area contributed by atoms with Gasteiger partial charge in [0.25, 0.3) is 0 Å². The fraction of sp³-hybridized carbons (Fsp3) is 0.182. The molecule has 0 aliphatic heterocycles. The van der Waals surface area contributed by atoms with Crippen molar-refractivity contribution in [2.24, 2.45) is 4.99 Å². The predicted molar refractivity (Wildman–Crippen MR) is 55.1 cm³/mol. The highest BCUT2D eigenvalue weighted by atomic mass is 14.7. The Hall–Kier alpha value is -1.37. The molecule has 0 radical (unpaired) electrons. The van der Waals surface area contributed by atoms with Gasteiger partial charge in [0.1, 0.15) is 0 Å². The Bertz CT molecular complexity index is 311. The van der Waals surface area contributed by atoms with Gasteiger partial charge in [0.15, 0.2) is 0 Å². The molecule has 0 unspecified atom stereocenters. The lowest BCUT2D eigenvalue weighted by Gasteiger charge is -2.02. The maximum Gasteiger partial charge on any atom is 0.0700 e. The molecule has 1 heteroatoms. The molecule has 0 amide bonds. The molecule has 12 heavy (non-hydrogen) atoms. The van der Waals surface area contributed by atoms with Crippen LogP contribution in [0.4, 0.5) is 5.69 Å². The van der Waals surface area contributed by atoms with Gasteiger partial charge < -0.3 is 0 Å². The molecular weight excluding hydrogens is 146 g/mol. The number of aryl methyl sites for hydroxylation is 1. The van der Waals surface area contributed by atoms with Gasteiger partial charge in [-0.3, -0.25) is 4.99 Å². The molecular formula is C11H13N. The van der Waals surface area contributed by atoms with E-state index < -0.39 is 0 Å². The van der Waals surface area contributed by atoms with E-state index in [9.17, 15) is 0 Å². The quantitative estimate of drug-likeness (QED) is 0.587. The summed E-state index contributed by atoms with van der Waals surface area (Å²) >= 11 is 0. The second-order valence-corrected chi connectivity index (χ2v) is 2.60. The SMILES string of the molecule is C=Cc1c(C)cccc1N=CC. The van der Waals surface area contributed by atoms with Gasteiger partial charge in [-0.1, -0.05) is 24.8 Å². The van der Waals surface area contributed by atoms with Crippen molar-refractivity contribution in [3.05, 3.63) is 35.9 Å². The van der Waals surface area contributed by atoms with Crippen LogP contribution in [0.1, 0.15) is 18.1 Å². The first-order valence-electron chi connectivity index (χ1n) is 4.00. The average Bonchev–Trinajstić information content (AvgIpc) is 2.05. The van der Waals surface area contributed by atoms with Gasteiger partial charge in [0.2, 0.25) is 0 Å². The summed E-state index contributed by atoms with van der Waals surface area (Å²) in [6, 6.07) is 6.06. The first-order valence-corrected chi connectivity index (χ1v) is 4.00. The Morgan fingerprint density at radius 1 is 1.42 bits per heavy atom. The van der Waals surface area contributed by atoms with Gasteiger partial charge in [0, 0.05) is 11.8 Å². The molecule has 0 saturated carbocycles. The minimum atomic E-state index is 0.993. The fourth-order valence-electron chi connectivity index (χ4n) is 1.18. The van der Waals surface area contributed by atoms with Crippen molar-refractivity contribution in [1.29, 1.82) is 0 Å². The third-order valence-electron chi connectivity index (χ3n) is 1.77. The Kier molecular flexibility index (Phi) is 2.81. The molecule has 0 heterocycles. The summed E-state index contributed by atoms with van der Waals surface area (Å²) in [7, 11) is 0. The smallest absolute Gasteiger partial charge is 0.0700 e. The maximum atomic E-state index is 4.24. The van der Waals surface area contributed by atoms with E-state index in [1.165, 1.54) is 5.56 Å². The van der Waals surface area contributed by atoms with Crippen LogP contribution in [0.15, 0.2) is 29.8 Å². The van der Waals surface area contributed by atoms with Crippen LogP contribution in [0.25, 0.3) is 6.08 Å². The summed E-state index contributed by atoms with van der Waals surface area (Å²) in [5.74, 6) is 0. The summed E-state index contributed by atoms with van der Waals surface area (Å²) in [5, 5.41) is 0. The zero-order valence-electron chi connectivity index (χ0n) is 7.54. The average molecular weight is 159 g/mol. The predicted octanol–water partition coefficient (Wildman–Crippen LogP) is 3.36. The van der Waals surface area contributed by atoms with E-state index in [1.54, 1.807) is 6.21 Å². The normalized spacial score (nSPS) is 10.5. The number of rotatable bonds is 2. The number of hydrogen-bond acceptors (Lipinski definition) is 1. The van der Waals surface area contributed by atoms with Crippen molar-refractivity contribution >= 4 is 18.0 Å². The largest absolute Gasteiger partial charge is 0.261 e. The maximum absolute atomic E-state index is 4.24. The van der Waals surface area contributed by atoms with Gasteiger partial charge >= 0.3 is 0 Å². The van der Waals surface area contributed by atoms with Crippen molar-refractivity contribution < 1.29 is 0 Å². The molecule has 0 bridgehead atoms. The molecule has 0 spiro atoms. The van der Waals surface area contributed by atoms with Crippen molar-refractivity contribution in [3.63, 3.8) is 0 Å². The molecule has 1 nitrogen and oxygen atoms in total. The molecule has 0 aromatic heterocycles. The van der Waals surface area contributed by atoms with Crippen LogP contribution in [-0.4, -0.2) is 6.21 Å². The third-order valence-corrected chi connectivity index (χ3v) is 1.77. The number of hydrogen-bond donors (Lipinski definition) is 0. The second kappa shape index (κ2) is 3.86. The van der Waals surface area contributed by atoms with Gasteiger partial charge in [-0.15, -0.1) is 0 Å². The molecule has 0 aliphatic carbocycles. The molecule has 0 saturated heterocycles. The summed E-state index contributed by atoms with van der Waals surface area (Å²) in [5.41, 5.74) is 3.33. The number of benzene rings is 1. The lowest BCUT2D eigenvalue weighted by atomic mass is 10.1. The summed E-state index contributed by atoms with van der Waals surface area (Å²) in [6.07, 6.45) is 3.64. The van der Waals surface area contributed by atoms with Crippen LogP contribution in [0.2, 0.25) is 0 Å². The van der Waals surface area contributed by atoms with E-state index in [0.29, 0.717) is 0 Å². The van der Waals surface area contributed by atoms with Crippen LogP contribution in [-0.2, 0) is 0 Å². The highest BCUT2D eigenvalue weighted by Crippen LogP contribution is 2.22. The van der Waals surface area contributed by atoms with Crippen LogP contribution in [0.5, 0.6) is 0 Å². The van der Waals surface area contributed by atoms with Crippen molar-refractivity contribution in [2.45, 2.75) is 13.8 Å². The Morgan fingerprint density at radius 2 is 2.17 bits per heavy atom. The lowest BCUT2D eigenvalue weighted by molar-refractivity contribution is 1.40. The molecule has 1 aromatic carbocycles. The molecule has 0 N–H and O–H groups in total. The minimum absolute atomic E-state index is 0.993. The van der Waals surface area contributed by atoms with E-state index in [4.69, 9.17) is 0 Å². The number of aliphatic imine (C=N–C) groups is 1. The zero-order valence-corrected chi connectivity index (χ0v) is 7.54. The topological polar surface area (TPSA) is 12.4 Å². The van der Waals surface area contributed by atoms with Crippen molar-refractivity contribution in [1.82, 2.24) is 0 Å². The summed E-state index contributed by atoms with van der Waals surface area (Å²) < 4.78 is 0. The van der Waals surface area contributed by atoms with Crippen LogP contribution >= 0.6 is 0 Å². The lowest BCUT2D eigenvalue weighted by Crippen LogP contribution is -1.80. The monoisotopic (exact) mass is 159 g/mol. The molecule has 1 rings (SSSR count). The van der Waals surface area contributed by atoms with Crippen LogP contribution in [0, 0.1) is 6.92 Å². The van der Waals surface area contributed by atoms with E-state index in [2.05, 4.69) is 24.6 Å². The Labute approximate surface area is 73.5 Å². The van der Waals surface area contributed by atoms with Crippen LogP contribution in [0.3, 0.4) is 0 Å². The van der Waals surface area contributed by atoms with Gasteiger partial charge in [0.05, 0.1) is 5.69 Å². The van der Waals surface area contributed by atoms with Gasteiger partial charge in [-0.25, -0.2) is 0 Å². The minimum Gasteiger partial charge on any atom is -0.261 e. The van der Waals surface area contributed by atoms with Crippen LogP contribution < -0.4 is 0 Å². The highest BCUT2D eigenvalue weighted by Gasteiger charge is 1.98. The second-order valence-electron chi connectivity index (χ2n) is 2.60. The van der Waals surface area contributed by atoms with Gasteiger partial charge in [-0.05, 0) is 25.5 Å². The van der Waals surface area contributed by atoms with Gasteiger partial charge in [-0.2, -0.15) is 0 Å². The van der Waals surface area contributed by atoms with E-state index in [0.717, 1.165) is 11.3 Å². The molecule has 1 aromatic rings. The number of nitrogens with zero attached hydrogens (tertiary/aromatic N) is 1. The molecule has 62 valence electrons. The summed E-state index contributed by atoms with van der Waals surface area (Å²) in [6.45, 7) is 7.73. The van der Waals surface area contributed by atoms with E-state index >= 15 is 0 Å². The fourth-order valence-corrected chi connectivity index (χ4v) is 1.18. The zero-order chi connectivity index (χ0) is 8.97. The molecule has 0 fully saturated rings. The first kappa shape index (κ1) is 8.72. The Morgan fingerprint density at radius 3 is 2.75 bits per heavy atom. The molecule has 0 aliphatic rings.